The first-order valence-corrected chi connectivity index (χ1v) is 12.8. The summed E-state index contributed by atoms with van der Waals surface area (Å²) in [5, 5.41) is 24.4. The van der Waals surface area contributed by atoms with Gasteiger partial charge in [-0.2, -0.15) is 5.21 Å². The molecule has 0 aliphatic heterocycles. The summed E-state index contributed by atoms with van der Waals surface area (Å²) in [7, 11) is 0. The Morgan fingerprint density at radius 1 is 0.974 bits per heavy atom. The maximum atomic E-state index is 13.0. The topological polar surface area (TPSA) is 125 Å². The van der Waals surface area contributed by atoms with Crippen molar-refractivity contribution in [2.45, 2.75) is 52.6 Å². The largest absolute Gasteiger partial charge is 0.480 e. The van der Waals surface area contributed by atoms with Crippen molar-refractivity contribution < 1.29 is 14.7 Å². The van der Waals surface area contributed by atoms with Crippen LogP contribution in [0.5, 0.6) is 0 Å². The number of unbranched alkanes of at least 4 members (excludes halogenated alkanes) is 1. The lowest BCUT2D eigenvalue weighted by molar-refractivity contribution is -0.153. The van der Waals surface area contributed by atoms with Gasteiger partial charge in [0.2, 0.25) is 11.7 Å². The highest BCUT2D eigenvalue weighted by molar-refractivity contribution is 5.85. The molecule has 0 fully saturated rings. The summed E-state index contributed by atoms with van der Waals surface area (Å²) in [4.78, 5) is 31.1. The number of nitrogens with zero attached hydrogens (tertiary/aromatic N) is 5. The van der Waals surface area contributed by atoms with Crippen molar-refractivity contribution in [2.24, 2.45) is 5.92 Å². The standard InChI is InChI=1S/C29H32N6O3/c1-4-5-11-26(36)35(27(19(2)3)29(37)38)18-23-14-12-22(17-30-23)25-16-21(20-9-7-6-8-10-20)13-15-24(25)28-31-33-34-32-28/h6-10,12-17,19,27H,4-5,11,18H2,1-3H3,(H,37,38)(H,31,32,33,34)/t27-/m0/s1. The number of carboxylic acids is 1. The monoisotopic (exact) mass is 512 g/mol. The molecular weight excluding hydrogens is 480 g/mol. The van der Waals surface area contributed by atoms with Gasteiger partial charge < -0.3 is 10.0 Å². The number of pyridine rings is 1. The van der Waals surface area contributed by atoms with Gasteiger partial charge in [-0.25, -0.2) is 4.79 Å². The number of carboxylic acid groups (broad SMARTS) is 1. The lowest BCUT2D eigenvalue weighted by Gasteiger charge is -2.31. The van der Waals surface area contributed by atoms with Gasteiger partial charge in [0, 0.05) is 23.7 Å². The molecule has 1 amide bonds. The average Bonchev–Trinajstić information content (AvgIpc) is 3.46. The molecule has 0 saturated carbocycles. The molecule has 9 nitrogen and oxygen atoms in total. The Bertz CT molecular complexity index is 1360. The number of amides is 1. The van der Waals surface area contributed by atoms with E-state index in [4.69, 9.17) is 0 Å². The third kappa shape index (κ3) is 6.11. The fourth-order valence-corrected chi connectivity index (χ4v) is 4.51. The highest BCUT2D eigenvalue weighted by Crippen LogP contribution is 2.34. The number of rotatable bonds is 11. The molecule has 4 aromatic rings. The van der Waals surface area contributed by atoms with Gasteiger partial charge in [-0.05, 0) is 52.4 Å². The zero-order chi connectivity index (χ0) is 27.1. The van der Waals surface area contributed by atoms with Crippen molar-refractivity contribution in [1.82, 2.24) is 30.5 Å². The molecule has 0 spiro atoms. The van der Waals surface area contributed by atoms with E-state index in [2.05, 4.69) is 31.7 Å². The zero-order valence-corrected chi connectivity index (χ0v) is 21.8. The molecule has 0 bridgehead atoms. The van der Waals surface area contributed by atoms with Gasteiger partial charge in [-0.3, -0.25) is 9.78 Å². The molecule has 2 aromatic heterocycles. The summed E-state index contributed by atoms with van der Waals surface area (Å²) in [5.41, 5.74) is 5.25. The summed E-state index contributed by atoms with van der Waals surface area (Å²) < 4.78 is 0. The highest BCUT2D eigenvalue weighted by Gasteiger charge is 2.32. The maximum Gasteiger partial charge on any atom is 0.326 e. The fourth-order valence-electron chi connectivity index (χ4n) is 4.51. The zero-order valence-electron chi connectivity index (χ0n) is 21.8. The SMILES string of the molecule is CCCCC(=O)N(Cc1ccc(-c2cc(-c3ccccc3)ccc2-c2nn[nH]n2)cn1)[C@H](C(=O)O)C(C)C. The van der Waals surface area contributed by atoms with Crippen LogP contribution in [0.2, 0.25) is 0 Å². The van der Waals surface area contributed by atoms with Crippen LogP contribution in [0.1, 0.15) is 45.7 Å². The average molecular weight is 513 g/mol. The lowest BCUT2D eigenvalue weighted by Crippen LogP contribution is -2.47. The second kappa shape index (κ2) is 12.2. The van der Waals surface area contributed by atoms with E-state index in [1.807, 2.05) is 75.4 Å². The van der Waals surface area contributed by atoms with Crippen molar-refractivity contribution in [1.29, 1.82) is 0 Å². The third-order valence-corrected chi connectivity index (χ3v) is 6.47. The van der Waals surface area contributed by atoms with E-state index in [1.165, 1.54) is 4.90 Å². The second-order valence-corrected chi connectivity index (χ2v) is 9.55. The first-order chi connectivity index (χ1) is 18.4. The van der Waals surface area contributed by atoms with Gasteiger partial charge >= 0.3 is 5.97 Å². The number of H-pyrrole nitrogens is 1. The maximum absolute atomic E-state index is 13.0. The van der Waals surface area contributed by atoms with Crippen LogP contribution in [0.15, 0.2) is 66.9 Å². The summed E-state index contributed by atoms with van der Waals surface area (Å²) in [6.07, 6.45) is 3.62. The van der Waals surface area contributed by atoms with Gasteiger partial charge in [-0.1, -0.05) is 69.7 Å². The van der Waals surface area contributed by atoms with Gasteiger partial charge in [0.1, 0.15) is 6.04 Å². The van der Waals surface area contributed by atoms with E-state index < -0.39 is 12.0 Å². The Hall–Kier alpha value is -4.40. The molecule has 9 heteroatoms. The predicted octanol–water partition coefficient (Wildman–Crippen LogP) is 5.22. The van der Waals surface area contributed by atoms with Crippen molar-refractivity contribution in [2.75, 3.05) is 0 Å². The van der Waals surface area contributed by atoms with E-state index in [0.29, 0.717) is 24.4 Å². The molecule has 0 aliphatic carbocycles. The van der Waals surface area contributed by atoms with Gasteiger partial charge in [0.25, 0.3) is 0 Å². The number of hydrogen-bond donors (Lipinski definition) is 2. The van der Waals surface area contributed by atoms with E-state index in [1.54, 1.807) is 6.20 Å². The Morgan fingerprint density at radius 2 is 1.74 bits per heavy atom. The number of aliphatic carboxylic acids is 1. The molecule has 2 N–H and O–H groups in total. The van der Waals surface area contributed by atoms with Crippen LogP contribution in [-0.2, 0) is 16.1 Å². The quantitative estimate of drug-likeness (QED) is 0.282. The Kier molecular flexibility index (Phi) is 8.58. The van der Waals surface area contributed by atoms with Crippen LogP contribution < -0.4 is 0 Å². The van der Waals surface area contributed by atoms with E-state index >= 15 is 0 Å². The number of aromatic nitrogens is 5. The van der Waals surface area contributed by atoms with Crippen LogP contribution in [0, 0.1) is 5.92 Å². The number of hydrogen-bond acceptors (Lipinski definition) is 6. The van der Waals surface area contributed by atoms with Gasteiger partial charge in [0.05, 0.1) is 12.2 Å². The minimum absolute atomic E-state index is 0.125. The van der Waals surface area contributed by atoms with Crippen LogP contribution in [0.4, 0.5) is 0 Å². The molecule has 4 rings (SSSR count). The smallest absolute Gasteiger partial charge is 0.326 e. The molecular formula is C29H32N6O3. The van der Waals surface area contributed by atoms with Crippen LogP contribution in [0.25, 0.3) is 33.6 Å². The summed E-state index contributed by atoms with van der Waals surface area (Å²) in [6.45, 7) is 5.76. The Morgan fingerprint density at radius 3 is 2.34 bits per heavy atom. The molecule has 38 heavy (non-hydrogen) atoms. The van der Waals surface area contributed by atoms with Crippen LogP contribution in [0.3, 0.4) is 0 Å². The molecule has 0 saturated heterocycles. The molecule has 1 atom stereocenters. The lowest BCUT2D eigenvalue weighted by atomic mass is 9.95. The van der Waals surface area contributed by atoms with Gasteiger partial charge in [-0.15, -0.1) is 10.2 Å². The van der Waals surface area contributed by atoms with E-state index in [9.17, 15) is 14.7 Å². The Balaban J connectivity index is 1.68. The number of nitrogens with one attached hydrogen (secondary N) is 1. The highest BCUT2D eigenvalue weighted by atomic mass is 16.4. The van der Waals surface area contributed by atoms with E-state index in [0.717, 1.165) is 34.2 Å². The minimum Gasteiger partial charge on any atom is -0.480 e. The molecule has 196 valence electrons. The normalized spacial score (nSPS) is 11.9. The van der Waals surface area contributed by atoms with Crippen molar-refractivity contribution >= 4 is 11.9 Å². The van der Waals surface area contributed by atoms with Crippen molar-refractivity contribution in [3.8, 4) is 33.6 Å². The number of benzene rings is 2. The fraction of sp³-hybridized carbons (Fsp3) is 0.310. The van der Waals surface area contributed by atoms with Crippen molar-refractivity contribution in [3.63, 3.8) is 0 Å². The second-order valence-electron chi connectivity index (χ2n) is 9.55. The molecule has 2 aromatic carbocycles. The number of carbonyl (C=O) groups is 2. The number of carbonyl (C=O) groups excluding carboxylic acids is 1. The van der Waals surface area contributed by atoms with Gasteiger partial charge in [0.15, 0.2) is 0 Å². The predicted molar refractivity (Wildman–Crippen MR) is 145 cm³/mol. The first-order valence-electron chi connectivity index (χ1n) is 12.8. The molecule has 0 radical (unpaired) electrons. The number of aromatic amines is 1. The number of tetrazole rings is 1. The van der Waals surface area contributed by atoms with E-state index in [-0.39, 0.29) is 18.4 Å². The summed E-state index contributed by atoms with van der Waals surface area (Å²) in [5.74, 6) is -0.953. The third-order valence-electron chi connectivity index (χ3n) is 6.47. The molecule has 2 heterocycles. The van der Waals surface area contributed by atoms with Crippen LogP contribution >= 0.6 is 0 Å². The van der Waals surface area contributed by atoms with Crippen molar-refractivity contribution in [3.05, 3.63) is 72.6 Å². The first kappa shape index (κ1) is 26.7. The summed E-state index contributed by atoms with van der Waals surface area (Å²) in [6, 6.07) is 18.9. The molecule has 0 aliphatic rings. The minimum atomic E-state index is -1.01. The summed E-state index contributed by atoms with van der Waals surface area (Å²) >= 11 is 0. The molecule has 0 unspecified atom stereocenters. The Labute approximate surface area is 221 Å². The van der Waals surface area contributed by atoms with Crippen LogP contribution in [-0.4, -0.2) is 53.5 Å².